The number of rotatable bonds is 12. The molecule has 0 saturated carbocycles. The van der Waals surface area contributed by atoms with Gasteiger partial charge in [0.2, 0.25) is 5.91 Å². The molecule has 1 fully saturated rings. The Bertz CT molecular complexity index is 1490. The van der Waals surface area contributed by atoms with Crippen molar-refractivity contribution in [2.45, 2.75) is 58.2 Å². The Morgan fingerprint density at radius 2 is 1.91 bits per heavy atom. The van der Waals surface area contributed by atoms with E-state index in [4.69, 9.17) is 16.3 Å². The van der Waals surface area contributed by atoms with Crippen molar-refractivity contribution in [2.24, 2.45) is 11.3 Å². The Morgan fingerprint density at radius 3 is 2.68 bits per heavy atom. The minimum Gasteiger partial charge on any atom is -0.377 e. The normalized spacial score (nSPS) is 22.6. The maximum absolute atomic E-state index is 14.0. The van der Waals surface area contributed by atoms with Crippen LogP contribution in [0.25, 0.3) is 10.8 Å². The second-order valence-corrected chi connectivity index (χ2v) is 12.8. The van der Waals surface area contributed by atoms with E-state index in [9.17, 15) is 9.59 Å². The molecule has 1 saturated heterocycles. The molecule has 2 N–H and O–H groups in total. The Morgan fingerprint density at radius 1 is 1.11 bits per heavy atom. The van der Waals surface area contributed by atoms with Gasteiger partial charge in [0.05, 0.1) is 12.6 Å². The number of halogens is 1. The van der Waals surface area contributed by atoms with Gasteiger partial charge in [-0.1, -0.05) is 98.6 Å². The van der Waals surface area contributed by atoms with Gasteiger partial charge < -0.3 is 20.3 Å². The van der Waals surface area contributed by atoms with Gasteiger partial charge in [-0.15, -0.1) is 0 Å². The summed E-state index contributed by atoms with van der Waals surface area (Å²) in [6.45, 7) is 7.30. The average molecular weight is 614 g/mol. The molecule has 0 radical (unpaired) electrons. The second kappa shape index (κ2) is 15.0. The number of ether oxygens (including phenoxy) is 1. The summed E-state index contributed by atoms with van der Waals surface area (Å²) in [5, 5.41) is 9.34. The number of nitrogens with one attached hydrogen (secondary N) is 2. The van der Waals surface area contributed by atoms with E-state index in [2.05, 4.69) is 53.7 Å². The van der Waals surface area contributed by atoms with Crippen LogP contribution in [0, 0.1) is 11.3 Å². The van der Waals surface area contributed by atoms with Gasteiger partial charge in [-0.2, -0.15) is 0 Å². The van der Waals surface area contributed by atoms with E-state index in [1.807, 2.05) is 66.7 Å². The quantitative estimate of drug-likeness (QED) is 0.217. The molecule has 2 aliphatic rings. The molecule has 3 aromatic rings. The van der Waals surface area contributed by atoms with Crippen molar-refractivity contribution in [1.82, 2.24) is 15.5 Å². The number of carbonyl (C=O) groups is 2. The number of benzene rings is 3. The highest BCUT2D eigenvalue weighted by atomic mass is 35.5. The number of fused-ring (bicyclic) bond motifs is 1. The monoisotopic (exact) mass is 613 g/mol. The first-order valence-corrected chi connectivity index (χ1v) is 16.2. The zero-order chi connectivity index (χ0) is 30.9. The molecular weight excluding hydrogens is 570 g/mol. The lowest BCUT2D eigenvalue weighted by Crippen LogP contribution is -2.50. The summed E-state index contributed by atoms with van der Waals surface area (Å²) in [5.74, 6) is 0.337. The van der Waals surface area contributed by atoms with Crippen molar-refractivity contribution >= 4 is 34.2 Å². The van der Waals surface area contributed by atoms with Crippen LogP contribution in [0.15, 0.2) is 91.0 Å². The van der Waals surface area contributed by atoms with Gasteiger partial charge >= 0.3 is 0 Å². The zero-order valence-electron chi connectivity index (χ0n) is 25.8. The Balaban J connectivity index is 1.25. The third-order valence-electron chi connectivity index (χ3n) is 9.18. The SMILES string of the molecule is CC[C@H](CN1CC[C@@H](CNC(=O)c2ccc3cc(Cl)ccc3c2)N[C@@H](CCOCc2ccccc2)C1=O)C1(C)C=CC=CC1. The predicted molar refractivity (Wildman–Crippen MR) is 179 cm³/mol. The molecule has 0 aromatic heterocycles. The molecule has 4 atom stereocenters. The third kappa shape index (κ3) is 8.17. The molecule has 1 unspecified atom stereocenters. The highest BCUT2D eigenvalue weighted by Crippen LogP contribution is 2.38. The summed E-state index contributed by atoms with van der Waals surface area (Å²) >= 11 is 6.13. The Labute approximate surface area is 266 Å². The first-order chi connectivity index (χ1) is 21.3. The van der Waals surface area contributed by atoms with Crippen LogP contribution in [0.4, 0.5) is 0 Å². The molecule has 1 aliphatic heterocycles. The van der Waals surface area contributed by atoms with Crippen molar-refractivity contribution in [1.29, 1.82) is 0 Å². The standard InChI is InChI=1S/C37H44ClN3O3/c1-3-31(37(2)18-8-5-9-19-37)25-41-20-16-33(40-34(36(41)43)17-21-44-26-27-10-6-4-7-11-27)24-39-35(42)30-13-12-29-23-32(38)15-14-28(29)22-30/h4-15,18,22-23,31,33-34,40H,3,16-17,19-21,24-26H2,1-2H3,(H,39,42)/t31-,33+,34+,37?/m1/s1. The lowest BCUT2D eigenvalue weighted by molar-refractivity contribution is -0.134. The van der Waals surface area contributed by atoms with Crippen LogP contribution >= 0.6 is 11.6 Å². The van der Waals surface area contributed by atoms with Crippen LogP contribution in [-0.4, -0.2) is 55.0 Å². The Kier molecular flexibility index (Phi) is 10.9. The lowest BCUT2D eigenvalue weighted by Gasteiger charge is -2.39. The minimum absolute atomic E-state index is 0.0242. The number of hydrogen-bond acceptors (Lipinski definition) is 4. The number of amides is 2. The maximum atomic E-state index is 14.0. The molecule has 1 aliphatic carbocycles. The highest BCUT2D eigenvalue weighted by molar-refractivity contribution is 6.31. The fourth-order valence-corrected chi connectivity index (χ4v) is 6.57. The molecule has 3 aromatic carbocycles. The fraction of sp³-hybridized carbons (Fsp3) is 0.405. The summed E-state index contributed by atoms with van der Waals surface area (Å²) in [5.41, 5.74) is 1.74. The van der Waals surface area contributed by atoms with Crippen LogP contribution < -0.4 is 10.6 Å². The minimum atomic E-state index is -0.382. The maximum Gasteiger partial charge on any atom is 0.251 e. The molecule has 232 valence electrons. The van der Waals surface area contributed by atoms with E-state index in [1.54, 1.807) is 0 Å². The van der Waals surface area contributed by atoms with Crippen LogP contribution in [0.2, 0.25) is 5.02 Å². The number of carbonyl (C=O) groups excluding carboxylic acids is 2. The van der Waals surface area contributed by atoms with Crippen LogP contribution in [0.1, 0.15) is 55.5 Å². The molecule has 6 nitrogen and oxygen atoms in total. The first kappa shape index (κ1) is 32.0. The van der Waals surface area contributed by atoms with E-state index in [0.29, 0.717) is 55.8 Å². The number of hydrogen-bond donors (Lipinski definition) is 2. The number of allylic oxidation sites excluding steroid dienone is 4. The summed E-state index contributed by atoms with van der Waals surface area (Å²) in [6, 6.07) is 20.9. The van der Waals surface area contributed by atoms with Crippen LogP contribution in [0.3, 0.4) is 0 Å². The Hall–Kier alpha value is -3.45. The molecular formula is C37H44ClN3O3. The largest absolute Gasteiger partial charge is 0.377 e. The second-order valence-electron chi connectivity index (χ2n) is 12.3. The van der Waals surface area contributed by atoms with Gasteiger partial charge in [-0.25, -0.2) is 0 Å². The molecule has 44 heavy (non-hydrogen) atoms. The molecule has 2 amide bonds. The van der Waals surface area contributed by atoms with E-state index in [-0.39, 0.29) is 29.3 Å². The lowest BCUT2D eigenvalue weighted by atomic mass is 9.71. The summed E-state index contributed by atoms with van der Waals surface area (Å²) in [6.07, 6.45) is 12.1. The highest BCUT2D eigenvalue weighted by Gasteiger charge is 2.36. The van der Waals surface area contributed by atoms with Gasteiger partial charge in [0, 0.05) is 42.9 Å². The van der Waals surface area contributed by atoms with Gasteiger partial charge in [0.1, 0.15) is 0 Å². The molecule has 0 spiro atoms. The number of nitrogens with zero attached hydrogens (tertiary/aromatic N) is 1. The molecule has 5 rings (SSSR count). The van der Waals surface area contributed by atoms with Crippen molar-refractivity contribution < 1.29 is 14.3 Å². The summed E-state index contributed by atoms with van der Waals surface area (Å²) in [4.78, 5) is 29.2. The van der Waals surface area contributed by atoms with E-state index >= 15 is 0 Å². The molecule has 7 heteroatoms. The van der Waals surface area contributed by atoms with Crippen molar-refractivity contribution in [3.63, 3.8) is 0 Å². The van der Waals surface area contributed by atoms with E-state index < -0.39 is 0 Å². The smallest absolute Gasteiger partial charge is 0.251 e. The molecule has 0 bridgehead atoms. The van der Waals surface area contributed by atoms with Gasteiger partial charge in [0.25, 0.3) is 5.91 Å². The van der Waals surface area contributed by atoms with Gasteiger partial charge in [-0.05, 0) is 71.2 Å². The van der Waals surface area contributed by atoms with Gasteiger partial charge in [0.15, 0.2) is 0 Å². The van der Waals surface area contributed by atoms with Crippen molar-refractivity contribution in [2.75, 3.05) is 26.2 Å². The third-order valence-corrected chi connectivity index (χ3v) is 9.41. The van der Waals surface area contributed by atoms with Crippen LogP contribution in [-0.2, 0) is 16.1 Å². The van der Waals surface area contributed by atoms with Crippen LogP contribution in [0.5, 0.6) is 0 Å². The summed E-state index contributed by atoms with van der Waals surface area (Å²) in [7, 11) is 0. The van der Waals surface area contributed by atoms with Crippen molar-refractivity contribution in [3.8, 4) is 0 Å². The zero-order valence-corrected chi connectivity index (χ0v) is 26.6. The summed E-state index contributed by atoms with van der Waals surface area (Å²) < 4.78 is 5.99. The topological polar surface area (TPSA) is 70.7 Å². The molecule has 1 heterocycles. The van der Waals surface area contributed by atoms with E-state index in [0.717, 1.165) is 35.6 Å². The van der Waals surface area contributed by atoms with E-state index in [1.165, 1.54) is 0 Å². The average Bonchev–Trinajstić information content (AvgIpc) is 3.19. The fourth-order valence-electron chi connectivity index (χ4n) is 6.39. The first-order valence-electron chi connectivity index (χ1n) is 15.8. The predicted octanol–water partition coefficient (Wildman–Crippen LogP) is 6.94. The van der Waals surface area contributed by atoms with Gasteiger partial charge in [-0.3, -0.25) is 9.59 Å². The van der Waals surface area contributed by atoms with Crippen molar-refractivity contribution in [3.05, 3.63) is 107 Å².